The van der Waals surface area contributed by atoms with E-state index in [9.17, 15) is 8.42 Å². The molecule has 0 atom stereocenters. The Morgan fingerprint density at radius 2 is 1.86 bits per heavy atom. The average molecular weight is 324 g/mol. The van der Waals surface area contributed by atoms with Crippen LogP contribution in [-0.4, -0.2) is 18.4 Å². The van der Waals surface area contributed by atoms with Crippen LogP contribution >= 0.6 is 11.6 Å². The Bertz CT molecular complexity index is 771. The monoisotopic (exact) mass is 323 g/mol. The average Bonchev–Trinajstić information content (AvgIpc) is 2.43. The molecule has 21 heavy (non-hydrogen) atoms. The minimum atomic E-state index is -3.72. The first-order valence-corrected chi connectivity index (χ1v) is 8.03. The van der Waals surface area contributed by atoms with Crippen LogP contribution in [0.5, 0.6) is 0 Å². The molecule has 1 heterocycles. The van der Waals surface area contributed by atoms with E-state index in [1.165, 1.54) is 18.5 Å². The van der Waals surface area contributed by atoms with Crippen LogP contribution in [0, 0.1) is 6.92 Å². The third-order valence-corrected chi connectivity index (χ3v) is 4.39. The summed E-state index contributed by atoms with van der Waals surface area (Å²) in [5, 5.41) is 0.185. The van der Waals surface area contributed by atoms with Gasteiger partial charge in [0, 0.05) is 0 Å². The molecule has 0 spiro atoms. The van der Waals surface area contributed by atoms with Crippen molar-refractivity contribution in [3.05, 3.63) is 52.9 Å². The summed E-state index contributed by atoms with van der Waals surface area (Å²) in [6, 6.07) is 6.54. The Labute approximate surface area is 128 Å². The molecule has 1 aromatic carbocycles. The lowest BCUT2D eigenvalue weighted by Crippen LogP contribution is -2.15. The second-order valence-electron chi connectivity index (χ2n) is 4.35. The molecule has 0 radical (unpaired) electrons. The van der Waals surface area contributed by atoms with Crippen LogP contribution < -0.4 is 4.72 Å². The molecule has 0 aliphatic heterocycles. The third-order valence-electron chi connectivity index (χ3n) is 2.73. The van der Waals surface area contributed by atoms with Crippen LogP contribution in [-0.2, 0) is 10.0 Å². The Balaban J connectivity index is 2.42. The Kier molecular flexibility index (Phi) is 4.59. The molecule has 110 valence electrons. The summed E-state index contributed by atoms with van der Waals surface area (Å²) in [5.41, 5.74) is 1.41. The quantitative estimate of drug-likeness (QED) is 0.876. The maximum Gasteiger partial charge on any atom is 0.263 e. The van der Waals surface area contributed by atoms with Gasteiger partial charge in [0.1, 0.15) is 11.5 Å². The van der Waals surface area contributed by atoms with E-state index in [2.05, 4.69) is 14.7 Å². The SMILES string of the molecule is CC=Cc1c(Cl)ncnc1NS(=O)(=O)c1ccc(C)cc1. The van der Waals surface area contributed by atoms with Crippen molar-refractivity contribution in [2.75, 3.05) is 4.72 Å². The number of nitrogens with zero attached hydrogens (tertiary/aromatic N) is 2. The van der Waals surface area contributed by atoms with Crippen LogP contribution in [0.3, 0.4) is 0 Å². The van der Waals surface area contributed by atoms with Crippen molar-refractivity contribution in [3.63, 3.8) is 0 Å². The summed E-state index contributed by atoms with van der Waals surface area (Å²) >= 11 is 5.97. The van der Waals surface area contributed by atoms with Gasteiger partial charge in [-0.25, -0.2) is 18.4 Å². The Morgan fingerprint density at radius 3 is 2.48 bits per heavy atom. The normalized spacial score (nSPS) is 11.8. The molecule has 0 unspecified atom stereocenters. The number of rotatable bonds is 4. The van der Waals surface area contributed by atoms with Gasteiger partial charge in [0.2, 0.25) is 0 Å². The van der Waals surface area contributed by atoms with E-state index < -0.39 is 10.0 Å². The van der Waals surface area contributed by atoms with E-state index in [0.29, 0.717) is 5.56 Å². The summed E-state index contributed by atoms with van der Waals surface area (Å²) in [4.78, 5) is 7.95. The highest BCUT2D eigenvalue weighted by Gasteiger charge is 2.17. The molecule has 1 N–H and O–H groups in total. The molecule has 0 saturated heterocycles. The highest BCUT2D eigenvalue weighted by atomic mass is 35.5. The zero-order valence-corrected chi connectivity index (χ0v) is 13.1. The van der Waals surface area contributed by atoms with Crippen LogP contribution in [0.2, 0.25) is 5.15 Å². The predicted molar refractivity (Wildman–Crippen MR) is 83.7 cm³/mol. The maximum absolute atomic E-state index is 12.3. The Hall–Kier alpha value is -1.92. The lowest BCUT2D eigenvalue weighted by atomic mass is 10.2. The van der Waals surface area contributed by atoms with Gasteiger partial charge in [-0.05, 0) is 26.0 Å². The number of nitrogens with one attached hydrogen (secondary N) is 1. The molecule has 1 aromatic heterocycles. The minimum absolute atomic E-state index is 0.147. The molecule has 0 aliphatic rings. The molecular weight excluding hydrogens is 310 g/mol. The van der Waals surface area contributed by atoms with Crippen molar-refractivity contribution in [2.45, 2.75) is 18.7 Å². The molecule has 0 saturated carbocycles. The van der Waals surface area contributed by atoms with Crippen molar-refractivity contribution in [1.82, 2.24) is 9.97 Å². The minimum Gasteiger partial charge on any atom is -0.263 e. The number of hydrogen-bond acceptors (Lipinski definition) is 4. The van der Waals surface area contributed by atoms with Crippen molar-refractivity contribution >= 4 is 33.5 Å². The third kappa shape index (κ3) is 3.59. The van der Waals surface area contributed by atoms with Crippen LogP contribution in [0.1, 0.15) is 18.1 Å². The maximum atomic E-state index is 12.3. The van der Waals surface area contributed by atoms with Crippen molar-refractivity contribution in [3.8, 4) is 0 Å². The van der Waals surface area contributed by atoms with Crippen molar-refractivity contribution in [1.29, 1.82) is 0 Å². The first kappa shape index (κ1) is 15.5. The molecule has 0 bridgehead atoms. The zero-order chi connectivity index (χ0) is 15.5. The fraction of sp³-hybridized carbons (Fsp3) is 0.143. The van der Waals surface area contributed by atoms with Gasteiger partial charge in [-0.15, -0.1) is 0 Å². The lowest BCUT2D eigenvalue weighted by molar-refractivity contribution is 0.601. The summed E-state index contributed by atoms with van der Waals surface area (Å²) in [6.07, 6.45) is 4.59. The molecule has 0 amide bonds. The molecule has 2 rings (SSSR count). The van der Waals surface area contributed by atoms with E-state index in [-0.39, 0.29) is 15.9 Å². The van der Waals surface area contributed by atoms with Gasteiger partial charge in [0.05, 0.1) is 10.5 Å². The first-order chi connectivity index (χ1) is 9.94. The molecule has 2 aromatic rings. The molecule has 0 aliphatic carbocycles. The molecular formula is C14H14ClN3O2S. The smallest absolute Gasteiger partial charge is 0.263 e. The van der Waals surface area contributed by atoms with Crippen LogP contribution in [0.15, 0.2) is 41.6 Å². The topological polar surface area (TPSA) is 72.0 Å². The molecule has 7 heteroatoms. The number of sulfonamides is 1. The van der Waals surface area contributed by atoms with Gasteiger partial charge in [0.15, 0.2) is 5.82 Å². The predicted octanol–water partition coefficient (Wildman–Crippen LogP) is 3.27. The van der Waals surface area contributed by atoms with Crippen LogP contribution in [0.4, 0.5) is 5.82 Å². The number of anilines is 1. The van der Waals surface area contributed by atoms with E-state index in [0.717, 1.165) is 5.56 Å². The van der Waals surface area contributed by atoms with Crippen molar-refractivity contribution < 1.29 is 8.42 Å². The number of aryl methyl sites for hydroxylation is 1. The van der Waals surface area contributed by atoms with Gasteiger partial charge in [0.25, 0.3) is 10.0 Å². The Morgan fingerprint density at radius 1 is 1.19 bits per heavy atom. The van der Waals surface area contributed by atoms with Gasteiger partial charge in [-0.2, -0.15) is 0 Å². The van der Waals surface area contributed by atoms with Gasteiger partial charge < -0.3 is 0 Å². The number of aromatic nitrogens is 2. The fourth-order valence-electron chi connectivity index (χ4n) is 1.67. The molecule has 0 fully saturated rings. The largest absolute Gasteiger partial charge is 0.263 e. The fourth-order valence-corrected chi connectivity index (χ4v) is 2.90. The number of hydrogen-bond donors (Lipinski definition) is 1. The van der Waals surface area contributed by atoms with E-state index in [1.807, 2.05) is 6.92 Å². The summed E-state index contributed by atoms with van der Waals surface area (Å²) < 4.78 is 27.1. The van der Waals surface area contributed by atoms with E-state index in [1.54, 1.807) is 31.2 Å². The van der Waals surface area contributed by atoms with E-state index in [4.69, 9.17) is 11.6 Å². The first-order valence-electron chi connectivity index (χ1n) is 6.16. The van der Waals surface area contributed by atoms with Gasteiger partial charge in [-0.3, -0.25) is 4.72 Å². The second kappa shape index (κ2) is 6.24. The second-order valence-corrected chi connectivity index (χ2v) is 6.39. The zero-order valence-electron chi connectivity index (χ0n) is 11.5. The van der Waals surface area contributed by atoms with Gasteiger partial charge >= 0.3 is 0 Å². The number of allylic oxidation sites excluding steroid dienone is 1. The summed E-state index contributed by atoms with van der Waals surface area (Å²) in [7, 11) is -3.72. The van der Waals surface area contributed by atoms with Crippen molar-refractivity contribution in [2.24, 2.45) is 0 Å². The van der Waals surface area contributed by atoms with Crippen LogP contribution in [0.25, 0.3) is 6.08 Å². The highest BCUT2D eigenvalue weighted by Crippen LogP contribution is 2.24. The lowest BCUT2D eigenvalue weighted by Gasteiger charge is -2.10. The summed E-state index contributed by atoms with van der Waals surface area (Å²) in [5.74, 6) is 0.147. The standard InChI is InChI=1S/C14H14ClN3O2S/c1-3-4-12-13(15)16-9-17-14(12)18-21(19,20)11-7-5-10(2)6-8-11/h3-9H,1-2H3,(H,16,17,18). The number of halogens is 1. The molecule has 5 nitrogen and oxygen atoms in total. The van der Waals surface area contributed by atoms with E-state index >= 15 is 0 Å². The highest BCUT2D eigenvalue weighted by molar-refractivity contribution is 7.92. The summed E-state index contributed by atoms with van der Waals surface area (Å²) in [6.45, 7) is 3.68. The van der Waals surface area contributed by atoms with Gasteiger partial charge in [-0.1, -0.05) is 41.4 Å². The number of benzene rings is 1.